The van der Waals surface area contributed by atoms with Crippen molar-refractivity contribution in [3.05, 3.63) is 77.7 Å². The molecular formula is C19H16ClN5. The van der Waals surface area contributed by atoms with Crippen molar-refractivity contribution in [2.24, 2.45) is 0 Å². The second kappa shape index (κ2) is 6.53. The number of nitrogens with zero attached hydrogens (tertiary/aromatic N) is 5. The lowest BCUT2D eigenvalue weighted by Crippen LogP contribution is -2.18. The molecular weight excluding hydrogens is 334 g/mol. The van der Waals surface area contributed by atoms with Crippen LogP contribution in [0.25, 0.3) is 16.7 Å². The van der Waals surface area contributed by atoms with Crippen LogP contribution in [0.5, 0.6) is 0 Å². The van der Waals surface area contributed by atoms with Crippen molar-refractivity contribution >= 4 is 28.5 Å². The van der Waals surface area contributed by atoms with Gasteiger partial charge in [0.15, 0.2) is 5.65 Å². The molecule has 0 unspecified atom stereocenters. The van der Waals surface area contributed by atoms with Gasteiger partial charge in [0.1, 0.15) is 12.1 Å². The maximum absolute atomic E-state index is 5.97. The molecule has 0 bridgehead atoms. The molecule has 4 rings (SSSR count). The molecule has 0 saturated heterocycles. The molecule has 0 saturated carbocycles. The average molecular weight is 350 g/mol. The van der Waals surface area contributed by atoms with Gasteiger partial charge in [-0.15, -0.1) is 0 Å². The molecule has 0 N–H and O–H groups in total. The smallest absolute Gasteiger partial charge is 0.168 e. The quantitative estimate of drug-likeness (QED) is 0.556. The Morgan fingerprint density at radius 3 is 2.52 bits per heavy atom. The van der Waals surface area contributed by atoms with Gasteiger partial charge in [0.2, 0.25) is 0 Å². The van der Waals surface area contributed by atoms with Gasteiger partial charge in [-0.3, -0.25) is 0 Å². The number of fused-ring (bicyclic) bond motifs is 1. The minimum absolute atomic E-state index is 0.693. The maximum Gasteiger partial charge on any atom is 0.168 e. The van der Waals surface area contributed by atoms with Gasteiger partial charge in [-0.25, -0.2) is 14.6 Å². The molecule has 4 aromatic rings. The lowest BCUT2D eigenvalue weighted by Gasteiger charge is -2.18. The molecule has 0 atom stereocenters. The van der Waals surface area contributed by atoms with Gasteiger partial charge in [0, 0.05) is 18.6 Å². The summed E-state index contributed by atoms with van der Waals surface area (Å²) in [5, 5.41) is 6.10. The first-order chi connectivity index (χ1) is 12.2. The SMILES string of the molecule is CN(Cc1ccccc1)c1ncnc2c1cnn2-c1ccc(Cl)cc1. The summed E-state index contributed by atoms with van der Waals surface area (Å²) < 4.78 is 1.80. The summed E-state index contributed by atoms with van der Waals surface area (Å²) in [4.78, 5) is 11.0. The Hall–Kier alpha value is -2.92. The molecule has 0 fully saturated rings. The molecule has 0 aliphatic rings. The van der Waals surface area contributed by atoms with Crippen molar-refractivity contribution in [2.75, 3.05) is 11.9 Å². The molecule has 0 aliphatic heterocycles. The molecule has 6 heteroatoms. The summed E-state index contributed by atoms with van der Waals surface area (Å²) in [5.41, 5.74) is 2.91. The van der Waals surface area contributed by atoms with Gasteiger partial charge < -0.3 is 4.90 Å². The van der Waals surface area contributed by atoms with Crippen LogP contribution in [0.3, 0.4) is 0 Å². The summed E-state index contributed by atoms with van der Waals surface area (Å²) in [6.45, 7) is 0.763. The van der Waals surface area contributed by atoms with Crippen LogP contribution in [0.1, 0.15) is 5.56 Å². The number of hydrogen-bond donors (Lipinski definition) is 0. The van der Waals surface area contributed by atoms with Gasteiger partial charge in [0.05, 0.1) is 17.3 Å². The zero-order valence-corrected chi connectivity index (χ0v) is 14.4. The third-order valence-corrected chi connectivity index (χ3v) is 4.29. The van der Waals surface area contributed by atoms with Gasteiger partial charge in [-0.2, -0.15) is 5.10 Å². The summed E-state index contributed by atoms with van der Waals surface area (Å²) in [7, 11) is 2.02. The highest BCUT2D eigenvalue weighted by molar-refractivity contribution is 6.30. The van der Waals surface area contributed by atoms with E-state index >= 15 is 0 Å². The van der Waals surface area contributed by atoms with E-state index in [1.165, 1.54) is 5.56 Å². The second-order valence-corrected chi connectivity index (χ2v) is 6.25. The predicted molar refractivity (Wildman–Crippen MR) is 100 cm³/mol. The Balaban J connectivity index is 1.72. The van der Waals surface area contributed by atoms with E-state index in [0.29, 0.717) is 5.02 Å². The van der Waals surface area contributed by atoms with Gasteiger partial charge >= 0.3 is 0 Å². The van der Waals surface area contributed by atoms with Crippen LogP contribution in [0.15, 0.2) is 67.1 Å². The fraction of sp³-hybridized carbons (Fsp3) is 0.105. The lowest BCUT2D eigenvalue weighted by molar-refractivity contribution is 0.887. The minimum atomic E-state index is 0.693. The monoisotopic (exact) mass is 349 g/mol. The number of halogens is 1. The first kappa shape index (κ1) is 15.6. The van der Waals surface area contributed by atoms with E-state index in [1.807, 2.05) is 49.5 Å². The number of rotatable bonds is 4. The molecule has 0 radical (unpaired) electrons. The largest absolute Gasteiger partial charge is 0.355 e. The Bertz CT molecular complexity index is 995. The lowest BCUT2D eigenvalue weighted by atomic mass is 10.2. The number of benzene rings is 2. The van der Waals surface area contributed by atoms with Crippen molar-refractivity contribution in [3.63, 3.8) is 0 Å². The molecule has 25 heavy (non-hydrogen) atoms. The average Bonchev–Trinajstić information content (AvgIpc) is 3.07. The Kier molecular flexibility index (Phi) is 4.07. The fourth-order valence-electron chi connectivity index (χ4n) is 2.84. The van der Waals surface area contributed by atoms with Crippen LogP contribution < -0.4 is 4.90 Å². The number of hydrogen-bond acceptors (Lipinski definition) is 4. The van der Waals surface area contributed by atoms with Gasteiger partial charge in [0.25, 0.3) is 0 Å². The molecule has 0 aliphatic carbocycles. The van der Waals surface area contributed by atoms with E-state index in [0.717, 1.165) is 29.1 Å². The van der Waals surface area contributed by atoms with Gasteiger partial charge in [-0.1, -0.05) is 41.9 Å². The first-order valence-electron chi connectivity index (χ1n) is 7.92. The molecule has 2 aromatic heterocycles. The van der Waals surface area contributed by atoms with Crippen LogP contribution in [0.4, 0.5) is 5.82 Å². The van der Waals surface area contributed by atoms with E-state index in [2.05, 4.69) is 32.1 Å². The Morgan fingerprint density at radius 1 is 1.00 bits per heavy atom. The van der Waals surface area contributed by atoms with Crippen LogP contribution in [-0.4, -0.2) is 26.8 Å². The predicted octanol–water partition coefficient (Wildman–Crippen LogP) is 4.11. The highest BCUT2D eigenvalue weighted by atomic mass is 35.5. The third-order valence-electron chi connectivity index (χ3n) is 4.04. The molecule has 2 aromatic carbocycles. The van der Waals surface area contributed by atoms with Crippen molar-refractivity contribution < 1.29 is 0 Å². The number of aromatic nitrogens is 4. The Morgan fingerprint density at radius 2 is 1.76 bits per heavy atom. The number of anilines is 1. The van der Waals surface area contributed by atoms with E-state index < -0.39 is 0 Å². The highest BCUT2D eigenvalue weighted by Gasteiger charge is 2.14. The molecule has 5 nitrogen and oxygen atoms in total. The second-order valence-electron chi connectivity index (χ2n) is 5.81. The topological polar surface area (TPSA) is 46.8 Å². The van der Waals surface area contributed by atoms with E-state index in [9.17, 15) is 0 Å². The minimum Gasteiger partial charge on any atom is -0.355 e. The zero-order valence-electron chi connectivity index (χ0n) is 13.7. The van der Waals surface area contributed by atoms with Gasteiger partial charge in [-0.05, 0) is 29.8 Å². The zero-order chi connectivity index (χ0) is 17.2. The van der Waals surface area contributed by atoms with Crippen molar-refractivity contribution in [2.45, 2.75) is 6.54 Å². The van der Waals surface area contributed by atoms with E-state index in [1.54, 1.807) is 17.2 Å². The highest BCUT2D eigenvalue weighted by Crippen LogP contribution is 2.25. The van der Waals surface area contributed by atoms with Crippen molar-refractivity contribution in [1.29, 1.82) is 0 Å². The molecule has 0 spiro atoms. The summed E-state index contributed by atoms with van der Waals surface area (Å²) in [6, 6.07) is 17.8. The maximum atomic E-state index is 5.97. The van der Waals surface area contributed by atoms with Crippen LogP contribution in [0, 0.1) is 0 Å². The van der Waals surface area contributed by atoms with Crippen LogP contribution in [0.2, 0.25) is 5.02 Å². The molecule has 0 amide bonds. The summed E-state index contributed by atoms with van der Waals surface area (Å²) in [6.07, 6.45) is 3.38. The standard InChI is InChI=1S/C19H16ClN5/c1-24(12-14-5-3-2-4-6-14)18-17-11-23-25(19(17)22-13-21-18)16-9-7-15(20)8-10-16/h2-11,13H,12H2,1H3. The summed E-state index contributed by atoms with van der Waals surface area (Å²) in [5.74, 6) is 0.856. The van der Waals surface area contributed by atoms with Crippen molar-refractivity contribution in [3.8, 4) is 5.69 Å². The van der Waals surface area contributed by atoms with Crippen molar-refractivity contribution in [1.82, 2.24) is 19.7 Å². The van der Waals surface area contributed by atoms with E-state index in [4.69, 9.17) is 11.6 Å². The first-order valence-corrected chi connectivity index (χ1v) is 8.30. The molecule has 124 valence electrons. The normalized spacial score (nSPS) is 11.0. The third kappa shape index (κ3) is 3.06. The van der Waals surface area contributed by atoms with Crippen LogP contribution in [-0.2, 0) is 6.54 Å². The van der Waals surface area contributed by atoms with E-state index in [-0.39, 0.29) is 0 Å². The summed E-state index contributed by atoms with van der Waals surface area (Å²) >= 11 is 5.97. The molecule has 2 heterocycles. The fourth-order valence-corrected chi connectivity index (χ4v) is 2.97. The van der Waals surface area contributed by atoms with Crippen LogP contribution >= 0.6 is 11.6 Å². The Labute approximate surface area is 150 Å².